The van der Waals surface area contributed by atoms with E-state index in [1.54, 1.807) is 6.07 Å². The molecule has 0 fully saturated rings. The second kappa shape index (κ2) is 6.13. The first-order valence-corrected chi connectivity index (χ1v) is 6.37. The van der Waals surface area contributed by atoms with Crippen LogP contribution < -0.4 is 5.32 Å². The van der Waals surface area contributed by atoms with Crippen LogP contribution >= 0.6 is 11.6 Å². The lowest BCUT2D eigenvalue weighted by atomic mass is 10.1. The Kier molecular flexibility index (Phi) is 4.51. The molecule has 4 heteroatoms. The fourth-order valence-electron chi connectivity index (χ4n) is 1.79. The minimum Gasteiger partial charge on any atom is -0.306 e. The highest BCUT2D eigenvalue weighted by atomic mass is 35.5. The molecule has 0 aliphatic rings. The van der Waals surface area contributed by atoms with Crippen molar-refractivity contribution in [3.05, 3.63) is 70.2 Å². The molecule has 100 valence electrons. The maximum absolute atomic E-state index is 13.1. The Balaban J connectivity index is 1.98. The summed E-state index contributed by atoms with van der Waals surface area (Å²) >= 11 is 5.82. The van der Waals surface area contributed by atoms with Crippen molar-refractivity contribution < 1.29 is 8.78 Å². The highest BCUT2D eigenvalue weighted by molar-refractivity contribution is 6.30. The second-order valence-electron chi connectivity index (χ2n) is 4.40. The van der Waals surface area contributed by atoms with Crippen LogP contribution in [0, 0.1) is 11.6 Å². The molecule has 0 aromatic heterocycles. The predicted molar refractivity (Wildman–Crippen MR) is 73.1 cm³/mol. The summed E-state index contributed by atoms with van der Waals surface area (Å²) in [7, 11) is 0. The lowest BCUT2D eigenvalue weighted by Crippen LogP contribution is -2.18. The number of hydrogen-bond donors (Lipinski definition) is 1. The summed E-state index contributed by atoms with van der Waals surface area (Å²) < 4.78 is 25.8. The van der Waals surface area contributed by atoms with Crippen molar-refractivity contribution in [2.45, 2.75) is 19.5 Å². The van der Waals surface area contributed by atoms with E-state index in [1.807, 2.05) is 31.2 Å². The summed E-state index contributed by atoms with van der Waals surface area (Å²) in [4.78, 5) is 0. The van der Waals surface area contributed by atoms with E-state index >= 15 is 0 Å². The van der Waals surface area contributed by atoms with Gasteiger partial charge < -0.3 is 5.32 Å². The maximum atomic E-state index is 13.1. The SMILES string of the molecule is C[C@@H](NCc1ccc(F)c(F)c1)c1ccc(Cl)cc1. The first-order valence-electron chi connectivity index (χ1n) is 5.99. The van der Waals surface area contributed by atoms with Crippen molar-refractivity contribution in [3.8, 4) is 0 Å². The van der Waals surface area contributed by atoms with Crippen molar-refractivity contribution in [3.63, 3.8) is 0 Å². The number of nitrogens with one attached hydrogen (secondary N) is 1. The number of hydrogen-bond acceptors (Lipinski definition) is 1. The molecular formula is C15H14ClF2N. The van der Waals surface area contributed by atoms with Gasteiger partial charge in [-0.2, -0.15) is 0 Å². The van der Waals surface area contributed by atoms with Crippen LogP contribution in [-0.2, 0) is 6.54 Å². The molecule has 0 spiro atoms. The molecule has 0 radical (unpaired) electrons. The van der Waals surface area contributed by atoms with Crippen molar-refractivity contribution >= 4 is 11.6 Å². The average Bonchev–Trinajstić information content (AvgIpc) is 2.40. The molecule has 0 saturated heterocycles. The van der Waals surface area contributed by atoms with E-state index in [1.165, 1.54) is 6.07 Å². The molecule has 0 heterocycles. The molecule has 0 aliphatic heterocycles. The van der Waals surface area contributed by atoms with Crippen LogP contribution in [0.5, 0.6) is 0 Å². The normalized spacial score (nSPS) is 12.4. The van der Waals surface area contributed by atoms with Crippen LogP contribution in [0.3, 0.4) is 0 Å². The molecule has 0 bridgehead atoms. The Morgan fingerprint density at radius 1 is 1.05 bits per heavy atom. The molecule has 1 atom stereocenters. The van der Waals surface area contributed by atoms with E-state index in [-0.39, 0.29) is 6.04 Å². The van der Waals surface area contributed by atoms with Crippen LogP contribution in [-0.4, -0.2) is 0 Å². The highest BCUT2D eigenvalue weighted by Gasteiger charge is 2.06. The summed E-state index contributed by atoms with van der Waals surface area (Å²) in [6.45, 7) is 2.48. The maximum Gasteiger partial charge on any atom is 0.159 e. The van der Waals surface area contributed by atoms with Crippen LogP contribution in [0.4, 0.5) is 8.78 Å². The Hall–Kier alpha value is -1.45. The first kappa shape index (κ1) is 14.0. The van der Waals surface area contributed by atoms with Crippen molar-refractivity contribution in [1.29, 1.82) is 0 Å². The molecular weight excluding hydrogens is 268 g/mol. The van der Waals surface area contributed by atoms with E-state index in [2.05, 4.69) is 5.32 Å². The quantitative estimate of drug-likeness (QED) is 0.872. The van der Waals surface area contributed by atoms with Gasteiger partial charge in [0.05, 0.1) is 0 Å². The fraction of sp³-hybridized carbons (Fsp3) is 0.200. The van der Waals surface area contributed by atoms with Crippen LogP contribution in [0.1, 0.15) is 24.1 Å². The molecule has 1 N–H and O–H groups in total. The van der Waals surface area contributed by atoms with Gasteiger partial charge in [-0.1, -0.05) is 29.8 Å². The topological polar surface area (TPSA) is 12.0 Å². The molecule has 0 unspecified atom stereocenters. The van der Waals surface area contributed by atoms with Gasteiger partial charge in [0.2, 0.25) is 0 Å². The molecule has 19 heavy (non-hydrogen) atoms. The summed E-state index contributed by atoms with van der Waals surface area (Å²) in [5.41, 5.74) is 1.80. The zero-order valence-corrected chi connectivity index (χ0v) is 11.2. The van der Waals surface area contributed by atoms with Crippen molar-refractivity contribution in [2.24, 2.45) is 0 Å². The third-order valence-electron chi connectivity index (χ3n) is 2.97. The van der Waals surface area contributed by atoms with Crippen LogP contribution in [0.15, 0.2) is 42.5 Å². The van der Waals surface area contributed by atoms with Gasteiger partial charge in [-0.15, -0.1) is 0 Å². The summed E-state index contributed by atoms with van der Waals surface area (Å²) in [6, 6.07) is 11.5. The lowest BCUT2D eigenvalue weighted by molar-refractivity contribution is 0.504. The third-order valence-corrected chi connectivity index (χ3v) is 3.22. The van der Waals surface area contributed by atoms with Gasteiger partial charge in [-0.25, -0.2) is 8.78 Å². The standard InChI is InChI=1S/C15H14ClF2N/c1-10(12-3-5-13(16)6-4-12)19-9-11-2-7-14(17)15(18)8-11/h2-8,10,19H,9H2,1H3/t10-/m1/s1. The predicted octanol–water partition coefficient (Wildman–Crippen LogP) is 4.47. The molecule has 0 saturated carbocycles. The number of halogens is 3. The lowest BCUT2D eigenvalue weighted by Gasteiger charge is -2.14. The van der Waals surface area contributed by atoms with Crippen LogP contribution in [0.25, 0.3) is 0 Å². The Morgan fingerprint density at radius 3 is 2.37 bits per heavy atom. The Labute approximate surface area is 116 Å². The van der Waals surface area contributed by atoms with Gasteiger partial charge >= 0.3 is 0 Å². The zero-order chi connectivity index (χ0) is 13.8. The minimum atomic E-state index is -0.825. The molecule has 1 nitrogen and oxygen atoms in total. The second-order valence-corrected chi connectivity index (χ2v) is 4.84. The minimum absolute atomic E-state index is 0.102. The Bertz CT molecular complexity index is 555. The van der Waals surface area contributed by atoms with E-state index in [0.29, 0.717) is 17.1 Å². The number of rotatable bonds is 4. The molecule has 2 aromatic rings. The van der Waals surface area contributed by atoms with E-state index in [9.17, 15) is 8.78 Å². The highest BCUT2D eigenvalue weighted by Crippen LogP contribution is 2.17. The van der Waals surface area contributed by atoms with E-state index in [0.717, 1.165) is 11.6 Å². The van der Waals surface area contributed by atoms with Crippen molar-refractivity contribution in [2.75, 3.05) is 0 Å². The monoisotopic (exact) mass is 281 g/mol. The van der Waals surface area contributed by atoms with E-state index < -0.39 is 11.6 Å². The first-order chi connectivity index (χ1) is 9.06. The zero-order valence-electron chi connectivity index (χ0n) is 10.5. The smallest absolute Gasteiger partial charge is 0.159 e. The summed E-state index contributed by atoms with van der Waals surface area (Å²) in [5, 5.41) is 3.94. The van der Waals surface area contributed by atoms with Gasteiger partial charge in [-0.05, 0) is 42.3 Å². The molecule has 2 rings (SSSR count). The van der Waals surface area contributed by atoms with Crippen LogP contribution in [0.2, 0.25) is 5.02 Å². The van der Waals surface area contributed by atoms with Gasteiger partial charge in [0.1, 0.15) is 0 Å². The molecule has 0 aliphatic carbocycles. The van der Waals surface area contributed by atoms with Gasteiger partial charge in [-0.3, -0.25) is 0 Å². The molecule has 2 aromatic carbocycles. The number of benzene rings is 2. The molecule has 0 amide bonds. The third kappa shape index (κ3) is 3.75. The summed E-state index contributed by atoms with van der Waals surface area (Å²) in [6.07, 6.45) is 0. The van der Waals surface area contributed by atoms with Gasteiger partial charge in [0.15, 0.2) is 11.6 Å². The van der Waals surface area contributed by atoms with Gasteiger partial charge in [0.25, 0.3) is 0 Å². The summed E-state index contributed by atoms with van der Waals surface area (Å²) in [5.74, 6) is -1.65. The Morgan fingerprint density at radius 2 is 1.74 bits per heavy atom. The van der Waals surface area contributed by atoms with Gasteiger partial charge in [0, 0.05) is 17.6 Å². The largest absolute Gasteiger partial charge is 0.306 e. The van der Waals surface area contributed by atoms with E-state index in [4.69, 9.17) is 11.6 Å². The van der Waals surface area contributed by atoms with Crippen molar-refractivity contribution in [1.82, 2.24) is 5.32 Å². The average molecular weight is 282 g/mol. The fourth-order valence-corrected chi connectivity index (χ4v) is 1.92.